The van der Waals surface area contributed by atoms with E-state index in [9.17, 15) is 9.90 Å². The lowest BCUT2D eigenvalue weighted by Crippen LogP contribution is -2.46. The number of aromatic hydroxyl groups is 1. The minimum atomic E-state index is -0.0371. The first-order valence-corrected chi connectivity index (χ1v) is 9.55. The molecule has 2 N–H and O–H groups in total. The van der Waals surface area contributed by atoms with Crippen LogP contribution in [0.15, 0.2) is 18.2 Å². The Bertz CT molecular complexity index is 688. The van der Waals surface area contributed by atoms with Crippen LogP contribution < -0.4 is 5.32 Å². The fraction of sp³-hybridized carbons (Fsp3) is 0.667. The number of phenols is 1. The standard InChI is InChI=1S/C21H29NO3/c1-21-9-8-15-14-7-5-13(23)10-12(14)4-6-16(15)18(21)11-17(19(21)25-3)20(24)22-2/h5,7,10,15-19,23H,4,6,8-9,11H2,1-3H3,(H,22,24)/t15-,16-,17+,18+,19+,21+/m1/s1. The van der Waals surface area contributed by atoms with Crippen molar-refractivity contribution in [2.45, 2.75) is 51.0 Å². The van der Waals surface area contributed by atoms with E-state index >= 15 is 0 Å². The first-order valence-electron chi connectivity index (χ1n) is 9.55. The van der Waals surface area contributed by atoms with Crippen LogP contribution in [0.25, 0.3) is 0 Å². The minimum absolute atomic E-state index is 0.0135. The van der Waals surface area contributed by atoms with E-state index in [4.69, 9.17) is 4.74 Å². The number of hydrogen-bond acceptors (Lipinski definition) is 3. The van der Waals surface area contributed by atoms with Gasteiger partial charge in [-0.3, -0.25) is 4.79 Å². The Kier molecular flexibility index (Phi) is 4.06. The number of phenolic OH excluding ortho intramolecular Hbond substituents is 1. The van der Waals surface area contributed by atoms with Crippen LogP contribution in [0.4, 0.5) is 0 Å². The highest BCUT2D eigenvalue weighted by atomic mass is 16.5. The molecule has 1 amide bonds. The molecule has 2 fully saturated rings. The molecule has 1 aromatic carbocycles. The summed E-state index contributed by atoms with van der Waals surface area (Å²) in [7, 11) is 3.49. The number of rotatable bonds is 2. The molecule has 4 heteroatoms. The van der Waals surface area contributed by atoms with Gasteiger partial charge in [-0.1, -0.05) is 13.0 Å². The van der Waals surface area contributed by atoms with Gasteiger partial charge < -0.3 is 15.2 Å². The van der Waals surface area contributed by atoms with E-state index in [0.717, 1.165) is 32.1 Å². The fourth-order valence-electron chi connectivity index (χ4n) is 6.43. The van der Waals surface area contributed by atoms with Gasteiger partial charge in [-0.25, -0.2) is 0 Å². The number of fused-ring (bicyclic) bond motifs is 5. The van der Waals surface area contributed by atoms with Crippen LogP contribution in [0.2, 0.25) is 0 Å². The Morgan fingerprint density at radius 2 is 2.16 bits per heavy atom. The molecular formula is C21H29NO3. The van der Waals surface area contributed by atoms with Crippen molar-refractivity contribution in [3.05, 3.63) is 29.3 Å². The molecule has 25 heavy (non-hydrogen) atoms. The van der Waals surface area contributed by atoms with Gasteiger partial charge in [0.05, 0.1) is 12.0 Å². The summed E-state index contributed by atoms with van der Waals surface area (Å²) in [6, 6.07) is 5.90. The van der Waals surface area contributed by atoms with Gasteiger partial charge >= 0.3 is 0 Å². The lowest BCUT2D eigenvalue weighted by Gasteiger charge is -2.50. The number of hydrogen-bond donors (Lipinski definition) is 2. The second-order valence-corrected chi connectivity index (χ2v) is 8.46. The van der Waals surface area contributed by atoms with E-state index in [2.05, 4.69) is 18.3 Å². The summed E-state index contributed by atoms with van der Waals surface area (Å²) in [6.45, 7) is 2.34. The van der Waals surface area contributed by atoms with E-state index in [1.165, 1.54) is 11.1 Å². The molecular weight excluding hydrogens is 314 g/mol. The number of carbonyl (C=O) groups is 1. The molecule has 0 saturated heterocycles. The summed E-state index contributed by atoms with van der Waals surface area (Å²) in [5, 5.41) is 12.6. The maximum Gasteiger partial charge on any atom is 0.225 e. The second-order valence-electron chi connectivity index (χ2n) is 8.46. The van der Waals surface area contributed by atoms with Crippen molar-refractivity contribution < 1.29 is 14.6 Å². The fourth-order valence-corrected chi connectivity index (χ4v) is 6.43. The van der Waals surface area contributed by atoms with Gasteiger partial charge in [-0.15, -0.1) is 0 Å². The smallest absolute Gasteiger partial charge is 0.225 e. The molecule has 3 aliphatic carbocycles. The first-order chi connectivity index (χ1) is 12.0. The van der Waals surface area contributed by atoms with Crippen molar-refractivity contribution in [1.82, 2.24) is 5.32 Å². The van der Waals surface area contributed by atoms with Gasteiger partial charge in [0.2, 0.25) is 5.91 Å². The van der Waals surface area contributed by atoms with Crippen molar-refractivity contribution >= 4 is 5.91 Å². The molecule has 0 unspecified atom stereocenters. The van der Waals surface area contributed by atoms with Gasteiger partial charge in [-0.2, -0.15) is 0 Å². The molecule has 4 rings (SSSR count). The number of amides is 1. The molecule has 3 aliphatic rings. The van der Waals surface area contributed by atoms with Gasteiger partial charge in [0, 0.05) is 14.2 Å². The Balaban J connectivity index is 1.68. The summed E-state index contributed by atoms with van der Waals surface area (Å²) in [4.78, 5) is 12.4. The number of ether oxygens (including phenoxy) is 1. The van der Waals surface area contributed by atoms with Crippen molar-refractivity contribution in [3.63, 3.8) is 0 Å². The highest BCUT2D eigenvalue weighted by Crippen LogP contribution is 2.62. The predicted molar refractivity (Wildman–Crippen MR) is 96.5 cm³/mol. The molecule has 136 valence electrons. The normalized spacial score (nSPS) is 39.2. The first kappa shape index (κ1) is 16.9. The van der Waals surface area contributed by atoms with Crippen LogP contribution in [-0.4, -0.2) is 31.3 Å². The SMILES string of the molecule is CNC(=O)[C@H]1C[C@H]2[C@@H]3CCc4cc(O)ccc4[C@H]3CC[C@]2(C)[C@H]1OC. The van der Waals surface area contributed by atoms with Gasteiger partial charge in [0.1, 0.15) is 5.75 Å². The van der Waals surface area contributed by atoms with E-state index in [0.29, 0.717) is 23.5 Å². The second kappa shape index (κ2) is 6.01. The maximum absolute atomic E-state index is 12.4. The van der Waals surface area contributed by atoms with Crippen LogP contribution >= 0.6 is 0 Å². The molecule has 0 aliphatic heterocycles. The highest BCUT2D eigenvalue weighted by Gasteiger charge is 2.60. The molecule has 1 aromatic rings. The summed E-state index contributed by atoms with van der Waals surface area (Å²) in [5.41, 5.74) is 2.82. The van der Waals surface area contributed by atoms with Crippen molar-refractivity contribution in [1.29, 1.82) is 0 Å². The Morgan fingerprint density at radius 1 is 1.36 bits per heavy atom. The van der Waals surface area contributed by atoms with E-state index in [1.807, 2.05) is 12.1 Å². The lowest BCUT2D eigenvalue weighted by atomic mass is 9.55. The zero-order valence-electron chi connectivity index (χ0n) is 15.4. The third-order valence-electron chi connectivity index (χ3n) is 7.51. The topological polar surface area (TPSA) is 58.6 Å². The summed E-state index contributed by atoms with van der Waals surface area (Å²) < 4.78 is 5.89. The monoisotopic (exact) mass is 343 g/mol. The van der Waals surface area contributed by atoms with Gasteiger partial charge in [0.25, 0.3) is 0 Å². The number of nitrogens with one attached hydrogen (secondary N) is 1. The Morgan fingerprint density at radius 3 is 2.88 bits per heavy atom. The summed E-state index contributed by atoms with van der Waals surface area (Å²) >= 11 is 0. The Labute approximate surface area is 150 Å². The largest absolute Gasteiger partial charge is 0.508 e. The molecule has 2 saturated carbocycles. The lowest BCUT2D eigenvalue weighted by molar-refractivity contribution is -0.130. The van der Waals surface area contributed by atoms with Crippen LogP contribution in [0.3, 0.4) is 0 Å². The van der Waals surface area contributed by atoms with E-state index in [-0.39, 0.29) is 23.3 Å². The van der Waals surface area contributed by atoms with Crippen molar-refractivity contribution in [3.8, 4) is 5.75 Å². The molecule has 0 spiro atoms. The number of methoxy groups -OCH3 is 1. The minimum Gasteiger partial charge on any atom is -0.508 e. The van der Waals surface area contributed by atoms with E-state index < -0.39 is 0 Å². The Hall–Kier alpha value is -1.55. The van der Waals surface area contributed by atoms with E-state index in [1.54, 1.807) is 14.2 Å². The van der Waals surface area contributed by atoms with Gasteiger partial charge in [-0.05, 0) is 78.5 Å². The van der Waals surface area contributed by atoms with Crippen LogP contribution in [0.1, 0.15) is 49.7 Å². The van der Waals surface area contributed by atoms with Crippen LogP contribution in [0.5, 0.6) is 5.75 Å². The van der Waals surface area contributed by atoms with Gasteiger partial charge in [0.15, 0.2) is 0 Å². The van der Waals surface area contributed by atoms with Crippen LogP contribution in [0, 0.1) is 23.2 Å². The molecule has 0 radical (unpaired) electrons. The van der Waals surface area contributed by atoms with Crippen molar-refractivity contribution in [2.24, 2.45) is 23.2 Å². The third-order valence-corrected chi connectivity index (χ3v) is 7.51. The third kappa shape index (κ3) is 2.41. The zero-order valence-corrected chi connectivity index (χ0v) is 15.4. The quantitative estimate of drug-likeness (QED) is 0.867. The number of aryl methyl sites for hydroxylation is 1. The molecule has 0 bridgehead atoms. The zero-order chi connectivity index (χ0) is 17.8. The predicted octanol–water partition coefficient (Wildman–Crippen LogP) is 3.24. The molecule has 0 aromatic heterocycles. The number of benzene rings is 1. The molecule has 4 nitrogen and oxygen atoms in total. The molecule has 6 atom stereocenters. The average Bonchev–Trinajstić information content (AvgIpc) is 2.92. The van der Waals surface area contributed by atoms with Crippen LogP contribution in [-0.2, 0) is 16.0 Å². The average molecular weight is 343 g/mol. The highest BCUT2D eigenvalue weighted by molar-refractivity contribution is 5.79. The molecule has 0 heterocycles. The maximum atomic E-state index is 12.4. The van der Waals surface area contributed by atoms with Crippen molar-refractivity contribution in [2.75, 3.05) is 14.2 Å². The summed E-state index contributed by atoms with van der Waals surface area (Å²) in [6.07, 6.45) is 5.38. The summed E-state index contributed by atoms with van der Waals surface area (Å²) in [5.74, 6) is 2.16. The number of carbonyl (C=O) groups excluding carboxylic acids is 1.